The number of ether oxygens (including phenoxy) is 2. The molecule has 0 amide bonds. The monoisotopic (exact) mass is 472 g/mol. The summed E-state index contributed by atoms with van der Waals surface area (Å²) in [4.78, 5) is 0. The van der Waals surface area contributed by atoms with E-state index in [1.54, 1.807) is 0 Å². The average Bonchev–Trinajstić information content (AvgIpc) is 2.55. The number of nitrogen functional groups attached to an aromatic ring is 2. The zero-order valence-electron chi connectivity index (χ0n) is 14.0. The van der Waals surface area contributed by atoms with Gasteiger partial charge in [0, 0.05) is 12.1 Å². The van der Waals surface area contributed by atoms with Crippen molar-refractivity contribution in [3.63, 3.8) is 0 Å². The second-order valence-corrected chi connectivity index (χ2v) is 5.55. The summed E-state index contributed by atoms with van der Waals surface area (Å²) in [6.07, 6.45) is -14.3. The molecule has 30 heavy (non-hydrogen) atoms. The molecular formula is C13H9F13N2O2. The van der Waals surface area contributed by atoms with Gasteiger partial charge in [0.15, 0.2) is 11.5 Å². The molecular weight excluding hydrogens is 463 g/mol. The van der Waals surface area contributed by atoms with Gasteiger partial charge in [-0.1, -0.05) is 0 Å². The van der Waals surface area contributed by atoms with E-state index < -0.39 is 58.8 Å². The van der Waals surface area contributed by atoms with E-state index in [1.165, 1.54) is 0 Å². The molecule has 4 N–H and O–H groups in total. The summed E-state index contributed by atoms with van der Waals surface area (Å²) in [6, 6.07) is 0.738. The molecule has 0 atom stereocenters. The van der Waals surface area contributed by atoms with Crippen molar-refractivity contribution in [2.24, 2.45) is 0 Å². The van der Waals surface area contributed by atoms with Gasteiger partial charge in [-0.15, -0.1) is 0 Å². The third kappa shape index (κ3) is 3.57. The molecule has 0 aliphatic rings. The number of halogens is 13. The quantitative estimate of drug-likeness (QED) is 0.436. The molecule has 4 nitrogen and oxygen atoms in total. The molecule has 0 bridgehead atoms. The highest BCUT2D eigenvalue weighted by Crippen LogP contribution is 2.60. The smallest absolute Gasteiger partial charge is 0.471 e. The number of nitrogens with two attached hydrogens (primary N) is 2. The molecule has 0 aliphatic carbocycles. The first-order valence-electron chi connectivity index (χ1n) is 6.96. The van der Waals surface area contributed by atoms with Crippen LogP contribution in [0.4, 0.5) is 68.5 Å². The van der Waals surface area contributed by atoms with Crippen LogP contribution in [0.5, 0.6) is 11.5 Å². The standard InChI is InChI=1S/C13H9F13N2O2/c1-29-6-2-4(27)5(28)3-7(6)30-13(25,26)11(20,21)9(16,17)8(14,15)10(18,19)12(22,23)24/h2-3H,27-28H2,1H3. The maximum absolute atomic E-state index is 13.7. The Morgan fingerprint density at radius 3 is 1.33 bits per heavy atom. The summed E-state index contributed by atoms with van der Waals surface area (Å²) in [6.45, 7) is 0. The molecule has 1 rings (SSSR count). The second kappa shape index (κ2) is 7.04. The molecule has 0 unspecified atom stereocenters. The van der Waals surface area contributed by atoms with Crippen molar-refractivity contribution in [3.8, 4) is 11.5 Å². The number of alkyl halides is 13. The van der Waals surface area contributed by atoms with E-state index in [9.17, 15) is 57.1 Å². The van der Waals surface area contributed by atoms with Gasteiger partial charge in [0.2, 0.25) is 0 Å². The average molecular weight is 472 g/mol. The van der Waals surface area contributed by atoms with Gasteiger partial charge in [0.25, 0.3) is 0 Å². The van der Waals surface area contributed by atoms with Crippen LogP contribution in [0, 0.1) is 0 Å². The van der Waals surface area contributed by atoms with Crippen LogP contribution in [-0.2, 0) is 0 Å². The van der Waals surface area contributed by atoms with Crippen molar-refractivity contribution in [1.82, 2.24) is 0 Å². The SMILES string of the molecule is COc1cc(N)c(N)cc1OC(F)(F)C(F)(F)C(F)(F)C(F)(F)C(F)(F)C(F)(F)F. The van der Waals surface area contributed by atoms with Crippen LogP contribution >= 0.6 is 0 Å². The molecule has 0 aromatic heterocycles. The lowest BCUT2D eigenvalue weighted by molar-refractivity contribution is -0.456. The lowest BCUT2D eigenvalue weighted by Crippen LogP contribution is -2.70. The zero-order chi connectivity index (χ0) is 24.1. The first kappa shape index (κ1) is 25.5. The molecule has 0 aliphatic heterocycles. The molecule has 0 heterocycles. The zero-order valence-corrected chi connectivity index (χ0v) is 14.0. The van der Waals surface area contributed by atoms with Crippen molar-refractivity contribution >= 4 is 11.4 Å². The second-order valence-electron chi connectivity index (χ2n) is 5.55. The number of benzene rings is 1. The minimum atomic E-state index is -8.03. The van der Waals surface area contributed by atoms with E-state index in [0.717, 1.165) is 0 Å². The number of hydrogen-bond acceptors (Lipinski definition) is 4. The number of anilines is 2. The van der Waals surface area contributed by atoms with Gasteiger partial charge in [-0.2, -0.15) is 57.1 Å². The molecule has 0 saturated carbocycles. The van der Waals surface area contributed by atoms with E-state index in [4.69, 9.17) is 11.5 Å². The fourth-order valence-corrected chi connectivity index (χ4v) is 1.79. The Bertz CT molecular complexity index is 792. The molecule has 0 fully saturated rings. The molecule has 1 aromatic rings. The lowest BCUT2D eigenvalue weighted by Gasteiger charge is -2.39. The Balaban J connectivity index is 3.52. The Kier molecular flexibility index (Phi) is 5.99. The summed E-state index contributed by atoms with van der Waals surface area (Å²) in [5, 5.41) is 0. The summed E-state index contributed by atoms with van der Waals surface area (Å²) in [5.74, 6) is -34.0. The highest BCUT2D eigenvalue weighted by Gasteiger charge is 2.91. The Morgan fingerprint density at radius 2 is 0.967 bits per heavy atom. The van der Waals surface area contributed by atoms with E-state index >= 15 is 0 Å². The van der Waals surface area contributed by atoms with E-state index in [-0.39, 0.29) is 6.07 Å². The van der Waals surface area contributed by atoms with Crippen LogP contribution in [-0.4, -0.2) is 43.1 Å². The summed E-state index contributed by atoms with van der Waals surface area (Å²) >= 11 is 0. The fourth-order valence-electron chi connectivity index (χ4n) is 1.79. The molecule has 0 spiro atoms. The third-order valence-corrected chi connectivity index (χ3v) is 3.51. The number of hydrogen-bond donors (Lipinski definition) is 2. The van der Waals surface area contributed by atoms with Crippen molar-refractivity contribution in [1.29, 1.82) is 0 Å². The first-order chi connectivity index (χ1) is 13.1. The predicted molar refractivity (Wildman–Crippen MR) is 73.2 cm³/mol. The van der Waals surface area contributed by atoms with Gasteiger partial charge in [-0.3, -0.25) is 0 Å². The van der Waals surface area contributed by atoms with E-state index in [1.807, 2.05) is 0 Å². The maximum Gasteiger partial charge on any atom is 0.471 e. The maximum atomic E-state index is 13.7. The van der Waals surface area contributed by atoms with Crippen LogP contribution in [0.2, 0.25) is 0 Å². The Labute approximate surface area is 157 Å². The molecule has 1 aromatic carbocycles. The molecule has 17 heteroatoms. The van der Waals surface area contributed by atoms with Gasteiger partial charge in [0.1, 0.15) is 0 Å². The van der Waals surface area contributed by atoms with Gasteiger partial charge < -0.3 is 20.9 Å². The Hall–Kier alpha value is -2.49. The number of methoxy groups -OCH3 is 1. The third-order valence-electron chi connectivity index (χ3n) is 3.51. The molecule has 0 saturated heterocycles. The molecule has 0 radical (unpaired) electrons. The van der Waals surface area contributed by atoms with E-state index in [2.05, 4.69) is 9.47 Å². The first-order valence-corrected chi connectivity index (χ1v) is 6.96. The Morgan fingerprint density at radius 1 is 0.600 bits per heavy atom. The topological polar surface area (TPSA) is 70.5 Å². The van der Waals surface area contributed by atoms with Gasteiger partial charge in [0.05, 0.1) is 18.5 Å². The van der Waals surface area contributed by atoms with Crippen LogP contribution in [0.1, 0.15) is 0 Å². The number of rotatable bonds is 7. The van der Waals surface area contributed by atoms with Crippen LogP contribution < -0.4 is 20.9 Å². The van der Waals surface area contributed by atoms with E-state index in [0.29, 0.717) is 13.2 Å². The van der Waals surface area contributed by atoms with Gasteiger partial charge in [-0.05, 0) is 0 Å². The van der Waals surface area contributed by atoms with Crippen LogP contribution in [0.15, 0.2) is 12.1 Å². The molecule has 174 valence electrons. The summed E-state index contributed by atoms with van der Waals surface area (Å²) in [7, 11) is 0.695. The largest absolute Gasteiger partial charge is 0.493 e. The van der Waals surface area contributed by atoms with Gasteiger partial charge in [-0.25, -0.2) is 0 Å². The van der Waals surface area contributed by atoms with Crippen molar-refractivity contribution < 1.29 is 66.5 Å². The lowest BCUT2D eigenvalue weighted by atomic mass is 9.97. The van der Waals surface area contributed by atoms with Crippen molar-refractivity contribution in [3.05, 3.63) is 12.1 Å². The normalized spacial score (nSPS) is 14.6. The summed E-state index contributed by atoms with van der Waals surface area (Å²) in [5.41, 5.74) is 9.25. The van der Waals surface area contributed by atoms with Crippen molar-refractivity contribution in [2.45, 2.75) is 36.0 Å². The van der Waals surface area contributed by atoms with Gasteiger partial charge >= 0.3 is 36.0 Å². The highest BCUT2D eigenvalue weighted by molar-refractivity contribution is 5.69. The predicted octanol–water partition coefficient (Wildman–Crippen LogP) is 4.93. The van der Waals surface area contributed by atoms with Crippen LogP contribution in [0.25, 0.3) is 0 Å². The van der Waals surface area contributed by atoms with Crippen molar-refractivity contribution in [2.75, 3.05) is 18.6 Å². The minimum Gasteiger partial charge on any atom is -0.493 e. The summed E-state index contributed by atoms with van der Waals surface area (Å²) < 4.78 is 177. The minimum absolute atomic E-state index is 0.193. The highest BCUT2D eigenvalue weighted by atomic mass is 19.4. The van der Waals surface area contributed by atoms with Crippen LogP contribution in [0.3, 0.4) is 0 Å². The fraction of sp³-hybridized carbons (Fsp3) is 0.538.